The molecule has 1 aromatic carbocycles. The Bertz CT molecular complexity index is 847. The van der Waals surface area contributed by atoms with E-state index in [0.29, 0.717) is 0 Å². The van der Waals surface area contributed by atoms with Gasteiger partial charge in [-0.05, 0) is 43.3 Å². The van der Waals surface area contributed by atoms with Gasteiger partial charge in [0.25, 0.3) is 0 Å². The van der Waals surface area contributed by atoms with Gasteiger partial charge in [0.05, 0.1) is 11.4 Å². The van der Waals surface area contributed by atoms with Gasteiger partial charge in [-0.3, -0.25) is 9.88 Å². The molecule has 0 saturated carbocycles. The highest BCUT2D eigenvalue weighted by molar-refractivity contribution is 5.70. The molecular weight excluding hydrogens is 322 g/mol. The molecule has 2 aromatic heterocycles. The van der Waals surface area contributed by atoms with Gasteiger partial charge in [-0.2, -0.15) is 5.10 Å². The SMILES string of the molecule is Cc1ccc(-c2ccc(CN3CCN(C)CC3)cn2)c(-n2cccn2)c1. The van der Waals surface area contributed by atoms with Crippen LogP contribution in [0.5, 0.6) is 0 Å². The molecule has 0 radical (unpaired) electrons. The van der Waals surface area contributed by atoms with Crippen molar-refractivity contribution in [1.29, 1.82) is 0 Å². The second-order valence-corrected chi connectivity index (χ2v) is 7.10. The van der Waals surface area contributed by atoms with Gasteiger partial charge in [0.2, 0.25) is 0 Å². The Morgan fingerprint density at radius 2 is 1.88 bits per heavy atom. The summed E-state index contributed by atoms with van der Waals surface area (Å²) in [6.07, 6.45) is 5.79. The number of aromatic nitrogens is 3. The van der Waals surface area contributed by atoms with Crippen molar-refractivity contribution < 1.29 is 0 Å². The Kier molecular flexibility index (Phi) is 4.82. The predicted octanol–water partition coefficient (Wildman–Crippen LogP) is 2.99. The van der Waals surface area contributed by atoms with E-state index in [1.807, 2.05) is 23.1 Å². The molecule has 4 rings (SSSR count). The summed E-state index contributed by atoms with van der Waals surface area (Å²) >= 11 is 0. The number of nitrogens with zero attached hydrogens (tertiary/aromatic N) is 5. The van der Waals surface area contributed by atoms with Crippen LogP contribution in [-0.4, -0.2) is 57.8 Å². The lowest BCUT2D eigenvalue weighted by Gasteiger charge is -2.32. The van der Waals surface area contributed by atoms with Gasteiger partial charge in [-0.25, -0.2) is 4.68 Å². The number of likely N-dealkylation sites (N-methyl/N-ethyl adjacent to an activating group) is 1. The summed E-state index contributed by atoms with van der Waals surface area (Å²) in [5.41, 5.74) is 5.63. The molecule has 0 aliphatic carbocycles. The Hall–Kier alpha value is -2.50. The Morgan fingerprint density at radius 3 is 2.58 bits per heavy atom. The summed E-state index contributed by atoms with van der Waals surface area (Å²) in [6.45, 7) is 7.61. The Balaban J connectivity index is 1.56. The fourth-order valence-corrected chi connectivity index (χ4v) is 3.40. The van der Waals surface area contributed by atoms with Crippen LogP contribution in [0.4, 0.5) is 0 Å². The number of piperazine rings is 1. The van der Waals surface area contributed by atoms with Crippen molar-refractivity contribution in [3.63, 3.8) is 0 Å². The van der Waals surface area contributed by atoms with Crippen molar-refractivity contribution in [2.45, 2.75) is 13.5 Å². The van der Waals surface area contributed by atoms with Gasteiger partial charge in [-0.15, -0.1) is 0 Å². The molecule has 1 aliphatic rings. The second kappa shape index (κ2) is 7.40. The minimum Gasteiger partial charge on any atom is -0.304 e. The minimum atomic E-state index is 0.973. The third-order valence-electron chi connectivity index (χ3n) is 5.01. The van der Waals surface area contributed by atoms with E-state index in [9.17, 15) is 0 Å². The van der Waals surface area contributed by atoms with Crippen LogP contribution in [0.25, 0.3) is 16.9 Å². The quantitative estimate of drug-likeness (QED) is 0.727. The first kappa shape index (κ1) is 16.9. The molecule has 3 aromatic rings. The highest BCUT2D eigenvalue weighted by Crippen LogP contribution is 2.26. The molecule has 0 unspecified atom stereocenters. The Labute approximate surface area is 154 Å². The van der Waals surface area contributed by atoms with Crippen LogP contribution in [0.1, 0.15) is 11.1 Å². The van der Waals surface area contributed by atoms with Gasteiger partial charge in [0.15, 0.2) is 0 Å². The lowest BCUT2D eigenvalue weighted by atomic mass is 10.1. The molecule has 0 atom stereocenters. The van der Waals surface area contributed by atoms with Gasteiger partial charge >= 0.3 is 0 Å². The number of benzene rings is 1. The average molecular weight is 347 g/mol. The number of pyridine rings is 1. The van der Waals surface area contributed by atoms with Crippen molar-refractivity contribution in [3.05, 3.63) is 66.1 Å². The zero-order valence-corrected chi connectivity index (χ0v) is 15.5. The molecule has 0 spiro atoms. The highest BCUT2D eigenvalue weighted by Gasteiger charge is 2.14. The average Bonchev–Trinajstić information content (AvgIpc) is 3.19. The smallest absolute Gasteiger partial charge is 0.0742 e. The largest absolute Gasteiger partial charge is 0.304 e. The second-order valence-electron chi connectivity index (χ2n) is 7.10. The summed E-state index contributed by atoms with van der Waals surface area (Å²) < 4.78 is 1.90. The van der Waals surface area contributed by atoms with Gasteiger partial charge in [0.1, 0.15) is 0 Å². The van der Waals surface area contributed by atoms with E-state index in [1.54, 1.807) is 6.20 Å². The third-order valence-corrected chi connectivity index (χ3v) is 5.01. The molecule has 0 N–H and O–H groups in total. The van der Waals surface area contributed by atoms with E-state index >= 15 is 0 Å². The molecule has 3 heterocycles. The van der Waals surface area contributed by atoms with Gasteiger partial charge < -0.3 is 4.90 Å². The molecule has 0 amide bonds. The minimum absolute atomic E-state index is 0.973. The molecule has 26 heavy (non-hydrogen) atoms. The third kappa shape index (κ3) is 3.69. The summed E-state index contributed by atoms with van der Waals surface area (Å²) in [7, 11) is 2.19. The summed E-state index contributed by atoms with van der Waals surface area (Å²) in [5.74, 6) is 0. The van der Waals surface area contributed by atoms with Crippen LogP contribution < -0.4 is 0 Å². The zero-order valence-electron chi connectivity index (χ0n) is 15.5. The molecule has 1 fully saturated rings. The topological polar surface area (TPSA) is 37.2 Å². The molecule has 5 nitrogen and oxygen atoms in total. The normalized spacial score (nSPS) is 16.1. The molecule has 1 saturated heterocycles. The van der Waals surface area contributed by atoms with Crippen molar-refractivity contribution in [2.75, 3.05) is 33.2 Å². The Morgan fingerprint density at radius 1 is 1.04 bits per heavy atom. The van der Waals surface area contributed by atoms with Crippen LogP contribution >= 0.6 is 0 Å². The molecule has 134 valence electrons. The maximum Gasteiger partial charge on any atom is 0.0742 e. The fourth-order valence-electron chi connectivity index (χ4n) is 3.40. The van der Waals surface area contributed by atoms with E-state index < -0.39 is 0 Å². The molecular formula is C21H25N5. The van der Waals surface area contributed by atoms with E-state index in [0.717, 1.165) is 49.7 Å². The summed E-state index contributed by atoms with van der Waals surface area (Å²) in [4.78, 5) is 9.63. The predicted molar refractivity (Wildman–Crippen MR) is 104 cm³/mol. The van der Waals surface area contributed by atoms with E-state index in [-0.39, 0.29) is 0 Å². The highest BCUT2D eigenvalue weighted by atomic mass is 15.3. The van der Waals surface area contributed by atoms with Crippen molar-refractivity contribution in [1.82, 2.24) is 24.6 Å². The lowest BCUT2D eigenvalue weighted by molar-refractivity contribution is 0.148. The van der Waals surface area contributed by atoms with Crippen LogP contribution in [-0.2, 0) is 6.54 Å². The lowest BCUT2D eigenvalue weighted by Crippen LogP contribution is -2.43. The van der Waals surface area contributed by atoms with Crippen molar-refractivity contribution in [3.8, 4) is 16.9 Å². The van der Waals surface area contributed by atoms with Gasteiger partial charge in [-0.1, -0.05) is 18.2 Å². The van der Waals surface area contributed by atoms with Crippen LogP contribution in [0.3, 0.4) is 0 Å². The van der Waals surface area contributed by atoms with Crippen molar-refractivity contribution >= 4 is 0 Å². The maximum absolute atomic E-state index is 4.75. The summed E-state index contributed by atoms with van der Waals surface area (Å²) in [6, 6.07) is 12.7. The standard InChI is InChI=1S/C21H25N5/c1-17-4-6-19(21(14-17)26-9-3-8-23-26)20-7-5-18(15-22-20)16-25-12-10-24(2)11-13-25/h3-9,14-15H,10-13,16H2,1-2H3. The number of rotatable bonds is 4. The fraction of sp³-hybridized carbons (Fsp3) is 0.333. The first-order chi connectivity index (χ1) is 12.7. The number of hydrogen-bond donors (Lipinski definition) is 0. The number of hydrogen-bond acceptors (Lipinski definition) is 4. The van der Waals surface area contributed by atoms with E-state index in [2.05, 4.69) is 59.2 Å². The number of aryl methyl sites for hydroxylation is 1. The van der Waals surface area contributed by atoms with Gasteiger partial charge in [0, 0.05) is 56.9 Å². The first-order valence-electron chi connectivity index (χ1n) is 9.16. The molecule has 1 aliphatic heterocycles. The van der Waals surface area contributed by atoms with Crippen LogP contribution in [0.15, 0.2) is 55.0 Å². The monoisotopic (exact) mass is 347 g/mol. The van der Waals surface area contributed by atoms with E-state index in [1.165, 1.54) is 11.1 Å². The van der Waals surface area contributed by atoms with E-state index in [4.69, 9.17) is 4.98 Å². The first-order valence-corrected chi connectivity index (χ1v) is 9.16. The molecule has 0 bridgehead atoms. The van der Waals surface area contributed by atoms with Crippen molar-refractivity contribution in [2.24, 2.45) is 0 Å². The molecule has 5 heteroatoms. The zero-order chi connectivity index (χ0) is 17.9. The summed E-state index contributed by atoms with van der Waals surface area (Å²) in [5, 5.41) is 4.39. The maximum atomic E-state index is 4.75. The van der Waals surface area contributed by atoms with Crippen LogP contribution in [0.2, 0.25) is 0 Å². The van der Waals surface area contributed by atoms with Crippen LogP contribution in [0, 0.1) is 6.92 Å².